The molecule has 2 heteroatoms. The second-order valence-corrected chi connectivity index (χ2v) is 4.17. The Hall–Kier alpha value is -0.370. The summed E-state index contributed by atoms with van der Waals surface area (Å²) >= 11 is 0. The molecule has 0 aromatic rings. The van der Waals surface area contributed by atoms with E-state index < -0.39 is 6.10 Å². The van der Waals surface area contributed by atoms with Crippen molar-refractivity contribution >= 4 is 5.78 Å². The molecule has 0 spiro atoms. The molecule has 11 heavy (non-hydrogen) atoms. The predicted molar refractivity (Wildman–Crippen MR) is 45.3 cm³/mol. The lowest BCUT2D eigenvalue weighted by Crippen LogP contribution is -2.32. The highest BCUT2D eigenvalue weighted by molar-refractivity contribution is 5.85. The van der Waals surface area contributed by atoms with Gasteiger partial charge in [-0.15, -0.1) is 0 Å². The quantitative estimate of drug-likeness (QED) is 0.663. The average Bonchev–Trinajstić information content (AvgIpc) is 1.82. The molecule has 1 N–H and O–H groups in total. The fraction of sp³-hybridized carbons (Fsp3) is 0.889. The Kier molecular flexibility index (Phi) is 3.24. The lowest BCUT2D eigenvalue weighted by Gasteiger charge is -2.26. The van der Waals surface area contributed by atoms with E-state index in [4.69, 9.17) is 5.11 Å². The molecule has 0 radical (unpaired) electrons. The molecule has 66 valence electrons. The van der Waals surface area contributed by atoms with Gasteiger partial charge in [-0.3, -0.25) is 4.79 Å². The number of Topliss-reactive ketones (excluding diaryl/α,β-unsaturated/α-hetero) is 1. The number of hydrogen-bond acceptors (Lipinski definition) is 2. The van der Waals surface area contributed by atoms with Crippen molar-refractivity contribution in [3.63, 3.8) is 0 Å². The fourth-order valence-electron chi connectivity index (χ4n) is 0.789. The summed E-state index contributed by atoms with van der Waals surface area (Å²) in [5.41, 5.74) is -0.0475. The third-order valence-electron chi connectivity index (χ3n) is 2.14. The monoisotopic (exact) mass is 158 g/mol. The molecule has 0 unspecified atom stereocenters. The second-order valence-electron chi connectivity index (χ2n) is 4.17. The number of aliphatic hydroxyl groups excluding tert-OH is 1. The summed E-state index contributed by atoms with van der Waals surface area (Å²) in [6.07, 6.45) is -0.829. The zero-order valence-electron chi connectivity index (χ0n) is 8.01. The number of rotatable bonds is 2. The van der Waals surface area contributed by atoms with Crippen molar-refractivity contribution in [2.75, 3.05) is 0 Å². The van der Waals surface area contributed by atoms with E-state index in [2.05, 4.69) is 0 Å². The van der Waals surface area contributed by atoms with Crippen LogP contribution in [0, 0.1) is 11.3 Å². The topological polar surface area (TPSA) is 37.3 Å². The molecule has 0 aromatic heterocycles. The van der Waals surface area contributed by atoms with Gasteiger partial charge in [0, 0.05) is 5.92 Å². The lowest BCUT2D eigenvalue weighted by molar-refractivity contribution is -0.132. The summed E-state index contributed by atoms with van der Waals surface area (Å²) in [5.74, 6) is -0.153. The van der Waals surface area contributed by atoms with E-state index in [9.17, 15) is 4.79 Å². The van der Waals surface area contributed by atoms with Gasteiger partial charge in [0.2, 0.25) is 0 Å². The Morgan fingerprint density at radius 3 is 1.73 bits per heavy atom. The van der Waals surface area contributed by atoms with E-state index in [0.717, 1.165) is 0 Å². The van der Waals surface area contributed by atoms with Crippen LogP contribution >= 0.6 is 0 Å². The Labute approximate surface area is 68.6 Å². The van der Waals surface area contributed by atoms with Gasteiger partial charge in [-0.2, -0.15) is 0 Å². The average molecular weight is 158 g/mol. The van der Waals surface area contributed by atoms with Crippen LogP contribution in [0.15, 0.2) is 0 Å². The molecule has 0 aliphatic rings. The molecule has 0 bridgehead atoms. The van der Waals surface area contributed by atoms with Gasteiger partial charge in [0.15, 0.2) is 5.78 Å². The lowest BCUT2D eigenvalue weighted by atomic mass is 9.78. The van der Waals surface area contributed by atoms with Crippen LogP contribution in [-0.4, -0.2) is 17.0 Å². The van der Waals surface area contributed by atoms with Crippen LogP contribution in [0.5, 0.6) is 0 Å². The maximum Gasteiger partial charge on any atom is 0.164 e. The zero-order valence-corrected chi connectivity index (χ0v) is 8.01. The Morgan fingerprint density at radius 1 is 1.27 bits per heavy atom. The van der Waals surface area contributed by atoms with E-state index in [0.29, 0.717) is 0 Å². The highest BCUT2D eigenvalue weighted by atomic mass is 16.3. The zero-order chi connectivity index (χ0) is 9.23. The van der Waals surface area contributed by atoms with Gasteiger partial charge >= 0.3 is 0 Å². The molecule has 0 aromatic carbocycles. The molecule has 0 saturated carbocycles. The van der Waals surface area contributed by atoms with Gasteiger partial charge in [-0.05, 0) is 12.3 Å². The SMILES string of the molecule is C[C@H](O)C(=O)[C@@H](C)C(C)(C)C. The van der Waals surface area contributed by atoms with Crippen molar-refractivity contribution in [2.45, 2.75) is 40.7 Å². The maximum absolute atomic E-state index is 11.2. The summed E-state index contributed by atoms with van der Waals surface area (Å²) in [4.78, 5) is 11.2. The summed E-state index contributed by atoms with van der Waals surface area (Å²) in [6, 6.07) is 0. The maximum atomic E-state index is 11.2. The molecule has 0 heterocycles. The third kappa shape index (κ3) is 3.02. The minimum Gasteiger partial charge on any atom is -0.386 e. The van der Waals surface area contributed by atoms with Gasteiger partial charge < -0.3 is 5.11 Å². The summed E-state index contributed by atoms with van der Waals surface area (Å²) in [6.45, 7) is 9.37. The first-order chi connectivity index (χ1) is 4.76. The van der Waals surface area contributed by atoms with Crippen LogP contribution in [0.2, 0.25) is 0 Å². The van der Waals surface area contributed by atoms with Crippen molar-refractivity contribution in [3.8, 4) is 0 Å². The van der Waals surface area contributed by atoms with E-state index in [1.165, 1.54) is 6.92 Å². The van der Waals surface area contributed by atoms with Crippen molar-refractivity contribution in [1.82, 2.24) is 0 Å². The summed E-state index contributed by atoms with van der Waals surface area (Å²) < 4.78 is 0. The number of hydrogen-bond donors (Lipinski definition) is 1. The molecule has 0 aliphatic heterocycles. The van der Waals surface area contributed by atoms with Crippen LogP contribution in [0.3, 0.4) is 0 Å². The Bertz CT molecular complexity index is 142. The van der Waals surface area contributed by atoms with Gasteiger partial charge in [0.1, 0.15) is 6.10 Å². The highest BCUT2D eigenvalue weighted by Gasteiger charge is 2.28. The second kappa shape index (κ2) is 3.35. The molecule has 0 amide bonds. The Morgan fingerprint density at radius 2 is 1.64 bits per heavy atom. The summed E-state index contributed by atoms with van der Waals surface area (Å²) in [7, 11) is 0. The number of carbonyl (C=O) groups excluding carboxylic acids is 1. The van der Waals surface area contributed by atoms with Crippen molar-refractivity contribution in [2.24, 2.45) is 11.3 Å². The van der Waals surface area contributed by atoms with E-state index in [1.54, 1.807) is 0 Å². The first kappa shape index (κ1) is 10.6. The molecular formula is C9H18O2. The first-order valence-electron chi connectivity index (χ1n) is 3.98. The van der Waals surface area contributed by atoms with E-state index in [-0.39, 0.29) is 17.1 Å². The molecule has 0 fully saturated rings. The highest BCUT2D eigenvalue weighted by Crippen LogP contribution is 2.26. The molecular weight excluding hydrogens is 140 g/mol. The minimum atomic E-state index is -0.829. The minimum absolute atomic E-state index is 0.0475. The smallest absolute Gasteiger partial charge is 0.164 e. The third-order valence-corrected chi connectivity index (χ3v) is 2.14. The largest absolute Gasteiger partial charge is 0.386 e. The Balaban J connectivity index is 4.26. The fourth-order valence-corrected chi connectivity index (χ4v) is 0.789. The van der Waals surface area contributed by atoms with E-state index >= 15 is 0 Å². The van der Waals surface area contributed by atoms with Gasteiger partial charge in [-0.25, -0.2) is 0 Å². The van der Waals surface area contributed by atoms with Gasteiger partial charge in [0.05, 0.1) is 0 Å². The van der Waals surface area contributed by atoms with Gasteiger partial charge in [-0.1, -0.05) is 27.7 Å². The van der Waals surface area contributed by atoms with Crippen molar-refractivity contribution in [3.05, 3.63) is 0 Å². The predicted octanol–water partition coefficient (Wildman–Crippen LogP) is 1.62. The number of ketones is 1. The van der Waals surface area contributed by atoms with E-state index in [1.807, 2.05) is 27.7 Å². The molecule has 2 nitrogen and oxygen atoms in total. The molecule has 0 saturated heterocycles. The number of aliphatic hydroxyl groups is 1. The standard InChI is InChI=1S/C9H18O2/c1-6(9(3,4)5)8(11)7(2)10/h6-7,10H,1-5H3/t6-,7+/m1/s1. The van der Waals surface area contributed by atoms with Crippen LogP contribution in [0.25, 0.3) is 0 Å². The molecule has 0 aliphatic carbocycles. The number of carbonyl (C=O) groups is 1. The molecule has 0 rings (SSSR count). The summed E-state index contributed by atoms with van der Waals surface area (Å²) in [5, 5.41) is 9.01. The van der Waals surface area contributed by atoms with Gasteiger partial charge in [0.25, 0.3) is 0 Å². The van der Waals surface area contributed by atoms with Crippen LogP contribution in [0.4, 0.5) is 0 Å². The molecule has 2 atom stereocenters. The van der Waals surface area contributed by atoms with Crippen molar-refractivity contribution < 1.29 is 9.90 Å². The normalized spacial score (nSPS) is 17.6. The first-order valence-corrected chi connectivity index (χ1v) is 3.98. The van der Waals surface area contributed by atoms with Crippen LogP contribution < -0.4 is 0 Å². The van der Waals surface area contributed by atoms with Crippen LogP contribution in [-0.2, 0) is 4.79 Å². The van der Waals surface area contributed by atoms with Crippen molar-refractivity contribution in [1.29, 1.82) is 0 Å². The van der Waals surface area contributed by atoms with Crippen LogP contribution in [0.1, 0.15) is 34.6 Å².